The van der Waals surface area contributed by atoms with Gasteiger partial charge in [0.1, 0.15) is 12.1 Å². The number of nitrogens with zero attached hydrogens (tertiary/aromatic N) is 3. The zero-order valence-corrected chi connectivity index (χ0v) is 13.5. The van der Waals surface area contributed by atoms with E-state index in [0.717, 1.165) is 28.9 Å². The molecule has 0 spiro atoms. The molecule has 2 aromatic rings. The molecule has 1 aliphatic rings. The number of hydrogen-bond acceptors (Lipinski definition) is 4. The van der Waals surface area contributed by atoms with Gasteiger partial charge in [0.05, 0.1) is 3.57 Å². The summed E-state index contributed by atoms with van der Waals surface area (Å²) >= 11 is 2.31. The average Bonchev–Trinajstić information content (AvgIpc) is 2.48. The van der Waals surface area contributed by atoms with Crippen molar-refractivity contribution in [1.82, 2.24) is 15.3 Å². The van der Waals surface area contributed by atoms with Gasteiger partial charge in [-0.1, -0.05) is 24.3 Å². The summed E-state index contributed by atoms with van der Waals surface area (Å²) in [6.07, 6.45) is 4.56. The van der Waals surface area contributed by atoms with E-state index >= 15 is 0 Å². The van der Waals surface area contributed by atoms with Crippen LogP contribution in [0, 0.1) is 3.57 Å². The highest BCUT2D eigenvalue weighted by molar-refractivity contribution is 14.1. The molecule has 0 aliphatic carbocycles. The van der Waals surface area contributed by atoms with Crippen LogP contribution in [0.2, 0.25) is 0 Å². The van der Waals surface area contributed by atoms with Crippen LogP contribution in [0.25, 0.3) is 0 Å². The van der Waals surface area contributed by atoms with Gasteiger partial charge in [0.15, 0.2) is 0 Å². The Morgan fingerprint density at radius 2 is 2.15 bits per heavy atom. The molecule has 2 heterocycles. The van der Waals surface area contributed by atoms with E-state index in [4.69, 9.17) is 0 Å². The van der Waals surface area contributed by atoms with E-state index < -0.39 is 0 Å². The molecule has 104 valence electrons. The van der Waals surface area contributed by atoms with Crippen LogP contribution in [0.15, 0.2) is 36.8 Å². The maximum atomic E-state index is 4.49. The van der Waals surface area contributed by atoms with E-state index in [1.54, 1.807) is 6.33 Å². The van der Waals surface area contributed by atoms with Crippen LogP contribution < -0.4 is 10.2 Å². The molecular weight excluding hydrogens is 363 g/mol. The number of anilines is 1. The highest BCUT2D eigenvalue weighted by Crippen LogP contribution is 2.29. The van der Waals surface area contributed by atoms with Crippen LogP contribution in [0.3, 0.4) is 0 Å². The van der Waals surface area contributed by atoms with Crippen LogP contribution in [0.5, 0.6) is 0 Å². The molecule has 1 aromatic heterocycles. The number of fused-ring (bicyclic) bond motifs is 1. The molecule has 20 heavy (non-hydrogen) atoms. The quantitative estimate of drug-likeness (QED) is 0.830. The van der Waals surface area contributed by atoms with Gasteiger partial charge in [-0.3, -0.25) is 0 Å². The monoisotopic (exact) mass is 380 g/mol. The predicted molar refractivity (Wildman–Crippen MR) is 88.8 cm³/mol. The van der Waals surface area contributed by atoms with Gasteiger partial charge < -0.3 is 10.2 Å². The summed E-state index contributed by atoms with van der Waals surface area (Å²) in [6, 6.07) is 9.12. The lowest BCUT2D eigenvalue weighted by molar-refractivity contribution is 0.522. The van der Waals surface area contributed by atoms with Crippen LogP contribution in [-0.4, -0.2) is 29.6 Å². The molecule has 5 heteroatoms. The fourth-order valence-corrected chi connectivity index (χ4v) is 3.38. The summed E-state index contributed by atoms with van der Waals surface area (Å²) < 4.78 is 1.10. The van der Waals surface area contributed by atoms with Crippen LogP contribution >= 0.6 is 22.6 Å². The van der Waals surface area contributed by atoms with E-state index in [0.29, 0.717) is 6.04 Å². The Kier molecular flexibility index (Phi) is 4.16. The molecular formula is C15H17IN4. The Morgan fingerprint density at radius 3 is 2.90 bits per heavy atom. The molecule has 0 saturated carbocycles. The van der Waals surface area contributed by atoms with Crippen LogP contribution in [-0.2, 0) is 13.0 Å². The standard InChI is InChI=1S/C15H17IN4/c1-17-7-13-6-11-4-2-3-5-12(11)9-20(13)15-14(16)8-18-10-19-15/h2-5,8,10,13,17H,6-7,9H2,1H3. The minimum absolute atomic E-state index is 0.429. The summed E-state index contributed by atoms with van der Waals surface area (Å²) in [7, 11) is 2.00. The van der Waals surface area contributed by atoms with Gasteiger partial charge in [0.25, 0.3) is 0 Å². The SMILES string of the molecule is CNCC1Cc2ccccc2CN1c1ncncc1I. The Balaban J connectivity index is 1.98. The molecule has 4 nitrogen and oxygen atoms in total. The topological polar surface area (TPSA) is 41.0 Å². The average molecular weight is 380 g/mol. The van der Waals surface area contributed by atoms with Gasteiger partial charge in [-0.2, -0.15) is 0 Å². The van der Waals surface area contributed by atoms with E-state index in [1.165, 1.54) is 11.1 Å². The number of aromatic nitrogens is 2. The number of rotatable bonds is 3. The maximum Gasteiger partial charge on any atom is 0.146 e. The van der Waals surface area contributed by atoms with E-state index in [2.05, 4.69) is 67.0 Å². The largest absolute Gasteiger partial charge is 0.347 e. The Labute approximate surface area is 132 Å². The lowest BCUT2D eigenvalue weighted by Gasteiger charge is -2.38. The number of nitrogens with one attached hydrogen (secondary N) is 1. The number of benzene rings is 1. The predicted octanol–water partition coefficient (Wildman–Crippen LogP) is 2.23. The molecule has 1 aromatic carbocycles. The zero-order valence-electron chi connectivity index (χ0n) is 11.4. The third-order valence-electron chi connectivity index (χ3n) is 3.72. The zero-order chi connectivity index (χ0) is 13.9. The lowest BCUT2D eigenvalue weighted by Crippen LogP contribution is -2.46. The smallest absolute Gasteiger partial charge is 0.146 e. The Bertz CT molecular complexity index is 602. The number of hydrogen-bond donors (Lipinski definition) is 1. The van der Waals surface area contributed by atoms with E-state index in [9.17, 15) is 0 Å². The van der Waals surface area contributed by atoms with Crippen molar-refractivity contribution >= 4 is 28.4 Å². The summed E-state index contributed by atoms with van der Waals surface area (Å²) in [5.41, 5.74) is 2.85. The lowest BCUT2D eigenvalue weighted by atomic mass is 9.94. The summed E-state index contributed by atoms with van der Waals surface area (Å²) in [4.78, 5) is 11.0. The molecule has 0 radical (unpaired) electrons. The normalized spacial score (nSPS) is 17.9. The maximum absolute atomic E-state index is 4.49. The van der Waals surface area contributed by atoms with Crippen molar-refractivity contribution < 1.29 is 0 Å². The van der Waals surface area contributed by atoms with Crippen molar-refractivity contribution in [3.63, 3.8) is 0 Å². The second-order valence-electron chi connectivity index (χ2n) is 5.01. The molecule has 1 aliphatic heterocycles. The van der Waals surface area contributed by atoms with Gasteiger partial charge in [-0.05, 0) is 47.2 Å². The van der Waals surface area contributed by atoms with Crippen molar-refractivity contribution in [3.05, 3.63) is 51.5 Å². The number of likely N-dealkylation sites (N-methyl/N-ethyl adjacent to an activating group) is 1. The molecule has 0 fully saturated rings. The van der Waals surface area contributed by atoms with Gasteiger partial charge in [0, 0.05) is 25.3 Å². The van der Waals surface area contributed by atoms with Crippen molar-refractivity contribution in [3.8, 4) is 0 Å². The molecule has 3 rings (SSSR count). The van der Waals surface area contributed by atoms with Crippen molar-refractivity contribution in [2.24, 2.45) is 0 Å². The highest BCUT2D eigenvalue weighted by atomic mass is 127. The summed E-state index contributed by atoms with van der Waals surface area (Å²) in [5, 5.41) is 3.30. The Hall–Kier alpha value is -1.21. The fraction of sp³-hybridized carbons (Fsp3) is 0.333. The van der Waals surface area contributed by atoms with E-state index in [1.807, 2.05) is 13.2 Å². The van der Waals surface area contributed by atoms with Crippen molar-refractivity contribution in [2.75, 3.05) is 18.5 Å². The van der Waals surface area contributed by atoms with Crippen LogP contribution in [0.1, 0.15) is 11.1 Å². The molecule has 1 N–H and O–H groups in total. The minimum atomic E-state index is 0.429. The van der Waals surface area contributed by atoms with Gasteiger partial charge in [-0.15, -0.1) is 0 Å². The third kappa shape index (κ3) is 2.64. The summed E-state index contributed by atoms with van der Waals surface area (Å²) in [6.45, 7) is 1.87. The summed E-state index contributed by atoms with van der Waals surface area (Å²) in [5.74, 6) is 1.04. The first-order chi connectivity index (χ1) is 9.79. The second kappa shape index (κ2) is 6.05. The molecule has 0 amide bonds. The van der Waals surface area contributed by atoms with Crippen molar-refractivity contribution in [2.45, 2.75) is 19.0 Å². The number of halogens is 1. The molecule has 1 atom stereocenters. The second-order valence-corrected chi connectivity index (χ2v) is 6.17. The first-order valence-electron chi connectivity index (χ1n) is 6.73. The van der Waals surface area contributed by atoms with Gasteiger partial charge in [-0.25, -0.2) is 9.97 Å². The van der Waals surface area contributed by atoms with Crippen molar-refractivity contribution in [1.29, 1.82) is 0 Å². The van der Waals surface area contributed by atoms with Crippen LogP contribution in [0.4, 0.5) is 5.82 Å². The molecule has 0 bridgehead atoms. The van der Waals surface area contributed by atoms with Gasteiger partial charge in [0.2, 0.25) is 0 Å². The molecule has 0 saturated heterocycles. The molecule has 1 unspecified atom stereocenters. The highest BCUT2D eigenvalue weighted by Gasteiger charge is 2.27. The van der Waals surface area contributed by atoms with E-state index in [-0.39, 0.29) is 0 Å². The Morgan fingerprint density at radius 1 is 1.35 bits per heavy atom. The first-order valence-corrected chi connectivity index (χ1v) is 7.81. The van der Waals surface area contributed by atoms with Gasteiger partial charge >= 0.3 is 0 Å². The first kappa shape index (κ1) is 13.8. The third-order valence-corrected chi connectivity index (χ3v) is 4.48. The fourth-order valence-electron chi connectivity index (χ4n) is 2.77. The minimum Gasteiger partial charge on any atom is -0.347 e.